The highest BCUT2D eigenvalue weighted by atomic mass is 16.6. The summed E-state index contributed by atoms with van der Waals surface area (Å²) in [4.78, 5) is 34.3. The Morgan fingerprint density at radius 1 is 1.22 bits per heavy atom. The smallest absolute Gasteiger partial charge is 0.312 e. The van der Waals surface area contributed by atoms with Crippen molar-refractivity contribution in [3.8, 4) is 0 Å². The lowest BCUT2D eigenvalue weighted by Crippen LogP contribution is -2.28. The molecule has 9 heteroatoms. The van der Waals surface area contributed by atoms with Crippen LogP contribution in [0.15, 0.2) is 24.3 Å². The molecule has 0 saturated heterocycles. The fourth-order valence-electron chi connectivity index (χ4n) is 2.49. The van der Waals surface area contributed by atoms with E-state index in [0.717, 1.165) is 5.56 Å². The molecule has 0 aliphatic heterocycles. The molecule has 1 heterocycles. The van der Waals surface area contributed by atoms with Gasteiger partial charge < -0.3 is 10.6 Å². The minimum Gasteiger partial charge on any atom is -0.350 e. The molecule has 27 heavy (non-hydrogen) atoms. The zero-order chi connectivity index (χ0) is 20.1. The zero-order valence-electron chi connectivity index (χ0n) is 15.8. The van der Waals surface area contributed by atoms with Gasteiger partial charge in [0.25, 0.3) is 0 Å². The number of rotatable bonds is 7. The molecule has 0 aliphatic rings. The number of hydrogen-bond donors (Lipinski definition) is 2. The van der Waals surface area contributed by atoms with Crippen molar-refractivity contribution in [2.75, 3.05) is 5.32 Å². The Bertz CT molecular complexity index is 855. The summed E-state index contributed by atoms with van der Waals surface area (Å²) >= 11 is 0. The van der Waals surface area contributed by atoms with E-state index in [4.69, 9.17) is 0 Å². The second-order valence-corrected chi connectivity index (χ2v) is 6.55. The highest BCUT2D eigenvalue weighted by molar-refractivity contribution is 5.92. The molecule has 0 bridgehead atoms. The van der Waals surface area contributed by atoms with E-state index in [2.05, 4.69) is 15.7 Å². The lowest BCUT2D eigenvalue weighted by atomic mass is 10.1. The molecule has 1 aromatic heterocycles. The molecule has 0 unspecified atom stereocenters. The maximum absolute atomic E-state index is 12.1. The molecule has 0 spiro atoms. The summed E-state index contributed by atoms with van der Waals surface area (Å²) in [5, 5.41) is 20.6. The van der Waals surface area contributed by atoms with Crippen LogP contribution in [0.1, 0.15) is 30.8 Å². The number of carbonyl (C=O) groups excluding carboxylic acids is 2. The molecule has 0 aliphatic carbocycles. The summed E-state index contributed by atoms with van der Waals surface area (Å²) in [5.41, 5.74) is 2.12. The molecule has 2 N–H and O–H groups in total. The Balaban J connectivity index is 1.91. The number of aromatic nitrogens is 2. The fraction of sp³-hybridized carbons (Fsp3) is 0.389. The van der Waals surface area contributed by atoms with E-state index in [-0.39, 0.29) is 35.7 Å². The van der Waals surface area contributed by atoms with Crippen molar-refractivity contribution in [3.05, 3.63) is 51.3 Å². The predicted molar refractivity (Wildman–Crippen MR) is 100 cm³/mol. The molecule has 1 aromatic carbocycles. The first-order chi connectivity index (χ1) is 12.7. The van der Waals surface area contributed by atoms with Crippen molar-refractivity contribution in [2.45, 2.75) is 40.8 Å². The van der Waals surface area contributed by atoms with Gasteiger partial charge in [0.2, 0.25) is 11.8 Å². The van der Waals surface area contributed by atoms with Crippen LogP contribution in [0.25, 0.3) is 0 Å². The number of carbonyl (C=O) groups is 2. The Morgan fingerprint density at radius 2 is 1.85 bits per heavy atom. The van der Waals surface area contributed by atoms with E-state index in [1.807, 2.05) is 26.0 Å². The first kappa shape index (κ1) is 20.1. The van der Waals surface area contributed by atoms with Gasteiger partial charge in [0.15, 0.2) is 0 Å². The Kier molecular flexibility index (Phi) is 6.27. The summed E-state index contributed by atoms with van der Waals surface area (Å²) in [6.45, 7) is 6.95. The molecular weight excluding hydrogens is 350 g/mol. The molecule has 0 radical (unpaired) electrons. The number of nitrogens with one attached hydrogen (secondary N) is 2. The average Bonchev–Trinajstić information content (AvgIpc) is 2.87. The quantitative estimate of drug-likeness (QED) is 0.570. The number of nitrogens with zero attached hydrogens (tertiary/aromatic N) is 3. The van der Waals surface area contributed by atoms with Crippen LogP contribution in [0.4, 0.5) is 11.4 Å². The van der Waals surface area contributed by atoms with Gasteiger partial charge in [-0.3, -0.25) is 24.4 Å². The minimum atomic E-state index is -0.494. The van der Waals surface area contributed by atoms with Gasteiger partial charge in [-0.2, -0.15) is 5.10 Å². The molecule has 2 rings (SSSR count). The van der Waals surface area contributed by atoms with Crippen molar-refractivity contribution in [1.82, 2.24) is 15.1 Å². The highest BCUT2D eigenvalue weighted by Crippen LogP contribution is 2.21. The van der Waals surface area contributed by atoms with Gasteiger partial charge in [0, 0.05) is 18.2 Å². The topological polar surface area (TPSA) is 119 Å². The number of hydrogen-bond acceptors (Lipinski definition) is 5. The van der Waals surface area contributed by atoms with Crippen LogP contribution < -0.4 is 10.6 Å². The predicted octanol–water partition coefficient (Wildman–Crippen LogP) is 2.32. The van der Waals surface area contributed by atoms with Gasteiger partial charge >= 0.3 is 5.69 Å². The van der Waals surface area contributed by atoms with Crippen molar-refractivity contribution < 1.29 is 14.5 Å². The lowest BCUT2D eigenvalue weighted by Gasteiger charge is -2.09. The van der Waals surface area contributed by atoms with E-state index in [9.17, 15) is 19.7 Å². The Morgan fingerprint density at radius 3 is 2.37 bits per heavy atom. The standard InChI is InChI=1S/C18H23N5O4/c1-11(2)18(25)20-15-7-5-14(6-8-15)9-19-16(24)10-22-13(4)17(23(26)27)12(3)21-22/h5-8,11H,9-10H2,1-4H3,(H,19,24)(H,20,25). The van der Waals surface area contributed by atoms with Gasteiger partial charge in [-0.05, 0) is 31.5 Å². The monoisotopic (exact) mass is 373 g/mol. The summed E-state index contributed by atoms with van der Waals surface area (Å²) in [5.74, 6) is -0.461. The third kappa shape index (κ3) is 5.13. The third-order valence-electron chi connectivity index (χ3n) is 4.05. The second-order valence-electron chi connectivity index (χ2n) is 6.55. The number of anilines is 1. The van der Waals surface area contributed by atoms with Gasteiger partial charge in [0.05, 0.1) is 4.92 Å². The van der Waals surface area contributed by atoms with Crippen LogP contribution in [0.2, 0.25) is 0 Å². The van der Waals surface area contributed by atoms with Crippen LogP contribution in [0.3, 0.4) is 0 Å². The van der Waals surface area contributed by atoms with Crippen molar-refractivity contribution >= 4 is 23.2 Å². The number of nitro groups is 1. The molecule has 144 valence electrons. The first-order valence-corrected chi connectivity index (χ1v) is 8.54. The maximum atomic E-state index is 12.1. The largest absolute Gasteiger partial charge is 0.350 e. The third-order valence-corrected chi connectivity index (χ3v) is 4.05. The van der Waals surface area contributed by atoms with E-state index < -0.39 is 4.92 Å². The van der Waals surface area contributed by atoms with Crippen LogP contribution >= 0.6 is 0 Å². The van der Waals surface area contributed by atoms with Crippen LogP contribution in [0, 0.1) is 29.9 Å². The lowest BCUT2D eigenvalue weighted by molar-refractivity contribution is -0.386. The average molecular weight is 373 g/mol. The molecule has 9 nitrogen and oxygen atoms in total. The SMILES string of the molecule is Cc1nn(CC(=O)NCc2ccc(NC(=O)C(C)C)cc2)c(C)c1[N+](=O)[O-]. The van der Waals surface area contributed by atoms with Gasteiger partial charge in [-0.1, -0.05) is 26.0 Å². The van der Waals surface area contributed by atoms with Crippen LogP contribution in [0.5, 0.6) is 0 Å². The molecule has 2 aromatic rings. The Hall–Kier alpha value is -3.23. The normalized spacial score (nSPS) is 10.7. The van der Waals surface area contributed by atoms with E-state index >= 15 is 0 Å². The fourth-order valence-corrected chi connectivity index (χ4v) is 2.49. The van der Waals surface area contributed by atoms with Crippen LogP contribution in [-0.2, 0) is 22.7 Å². The van der Waals surface area contributed by atoms with Gasteiger partial charge in [0.1, 0.15) is 17.9 Å². The number of amides is 2. The first-order valence-electron chi connectivity index (χ1n) is 8.54. The number of benzene rings is 1. The van der Waals surface area contributed by atoms with Crippen molar-refractivity contribution in [2.24, 2.45) is 5.92 Å². The summed E-state index contributed by atoms with van der Waals surface area (Å²) in [6, 6.07) is 7.16. The minimum absolute atomic E-state index is 0.0602. The highest BCUT2D eigenvalue weighted by Gasteiger charge is 2.22. The van der Waals surface area contributed by atoms with E-state index in [1.165, 1.54) is 4.68 Å². The van der Waals surface area contributed by atoms with Gasteiger partial charge in [-0.15, -0.1) is 0 Å². The summed E-state index contributed by atoms with van der Waals surface area (Å²) in [7, 11) is 0. The van der Waals surface area contributed by atoms with E-state index in [0.29, 0.717) is 17.9 Å². The maximum Gasteiger partial charge on any atom is 0.312 e. The summed E-state index contributed by atoms with van der Waals surface area (Å²) < 4.78 is 1.33. The summed E-state index contributed by atoms with van der Waals surface area (Å²) in [6.07, 6.45) is 0. The van der Waals surface area contributed by atoms with E-state index in [1.54, 1.807) is 26.0 Å². The van der Waals surface area contributed by atoms with Gasteiger partial charge in [-0.25, -0.2) is 0 Å². The second kappa shape index (κ2) is 8.43. The molecule has 0 fully saturated rings. The zero-order valence-corrected chi connectivity index (χ0v) is 15.8. The van der Waals surface area contributed by atoms with Crippen LogP contribution in [-0.4, -0.2) is 26.5 Å². The molecular formula is C18H23N5O4. The Labute approximate surface area is 156 Å². The molecule has 0 atom stereocenters. The van der Waals surface area contributed by atoms with Crippen molar-refractivity contribution in [1.29, 1.82) is 0 Å². The molecule has 2 amide bonds. The van der Waals surface area contributed by atoms with Crippen molar-refractivity contribution in [3.63, 3.8) is 0 Å². The number of aryl methyl sites for hydroxylation is 1. The molecule has 0 saturated carbocycles.